The molecule has 1 atom stereocenters. The third-order valence-electron chi connectivity index (χ3n) is 2.75. The first-order valence-corrected chi connectivity index (χ1v) is 8.27. The van der Waals surface area contributed by atoms with Crippen LogP contribution in [0, 0.1) is 13.8 Å². The predicted octanol–water partition coefficient (Wildman–Crippen LogP) is 3.52. The summed E-state index contributed by atoms with van der Waals surface area (Å²) in [5.41, 5.74) is 8.19. The molecule has 1 aromatic carbocycles. The van der Waals surface area contributed by atoms with Gasteiger partial charge in [-0.2, -0.15) is 0 Å². The monoisotopic (exact) mass is 342 g/mol. The Morgan fingerprint density at radius 3 is 2.76 bits per heavy atom. The van der Waals surface area contributed by atoms with Crippen molar-refractivity contribution in [3.05, 3.63) is 28.3 Å². The lowest BCUT2D eigenvalue weighted by atomic mass is 10.1. The number of thioether (sulfide) groups is 1. The number of amides is 1. The van der Waals surface area contributed by atoms with E-state index in [1.807, 2.05) is 26.0 Å². The summed E-state index contributed by atoms with van der Waals surface area (Å²) in [6.45, 7) is 5.71. The number of nitrogens with one attached hydrogen (secondary N) is 1. The Kier molecular flexibility index (Phi) is 5.08. The summed E-state index contributed by atoms with van der Waals surface area (Å²) >= 11 is 8.89. The van der Waals surface area contributed by atoms with Crippen molar-refractivity contribution in [2.24, 2.45) is 5.73 Å². The number of anilines is 2. The highest BCUT2D eigenvalue weighted by Crippen LogP contribution is 2.34. The minimum Gasteiger partial charge on any atom is -0.369 e. The fourth-order valence-electron chi connectivity index (χ4n) is 1.70. The topological polar surface area (TPSA) is 80.9 Å². The summed E-state index contributed by atoms with van der Waals surface area (Å²) in [5.74, 6) is -0.373. The van der Waals surface area contributed by atoms with Crippen molar-refractivity contribution in [1.82, 2.24) is 10.2 Å². The van der Waals surface area contributed by atoms with Gasteiger partial charge in [-0.15, -0.1) is 10.2 Å². The highest BCUT2D eigenvalue weighted by molar-refractivity contribution is 8.02. The van der Waals surface area contributed by atoms with Gasteiger partial charge in [-0.05, 0) is 38.0 Å². The lowest BCUT2D eigenvalue weighted by Crippen LogP contribution is -2.22. The molecule has 0 saturated heterocycles. The zero-order valence-electron chi connectivity index (χ0n) is 11.8. The van der Waals surface area contributed by atoms with E-state index in [9.17, 15) is 4.79 Å². The molecule has 3 N–H and O–H groups in total. The SMILES string of the molecule is Cc1cc(C)c(Nc2nnc(S[C@H](C)C(N)=O)s2)c(Cl)c1. The predicted molar refractivity (Wildman–Crippen MR) is 88.6 cm³/mol. The maximum atomic E-state index is 11.0. The third kappa shape index (κ3) is 4.09. The summed E-state index contributed by atoms with van der Waals surface area (Å²) in [7, 11) is 0. The van der Waals surface area contributed by atoms with Crippen LogP contribution in [0.15, 0.2) is 16.5 Å². The van der Waals surface area contributed by atoms with Crippen LogP contribution >= 0.6 is 34.7 Å². The summed E-state index contributed by atoms with van der Waals surface area (Å²) in [4.78, 5) is 11.0. The molecule has 112 valence electrons. The molecule has 8 heteroatoms. The van der Waals surface area contributed by atoms with Crippen molar-refractivity contribution in [2.75, 3.05) is 5.32 Å². The number of nitrogens with two attached hydrogens (primary N) is 1. The van der Waals surface area contributed by atoms with E-state index in [-0.39, 0.29) is 11.2 Å². The van der Waals surface area contributed by atoms with Crippen LogP contribution in [0.5, 0.6) is 0 Å². The van der Waals surface area contributed by atoms with Gasteiger partial charge in [0.1, 0.15) is 0 Å². The zero-order chi connectivity index (χ0) is 15.6. The highest BCUT2D eigenvalue weighted by atomic mass is 35.5. The van der Waals surface area contributed by atoms with Gasteiger partial charge >= 0.3 is 0 Å². The van der Waals surface area contributed by atoms with Crippen LogP contribution in [0.2, 0.25) is 5.02 Å². The molecule has 0 aliphatic rings. The van der Waals surface area contributed by atoms with Gasteiger partial charge < -0.3 is 11.1 Å². The van der Waals surface area contributed by atoms with Gasteiger partial charge in [-0.1, -0.05) is 40.8 Å². The number of rotatable bonds is 5. The van der Waals surface area contributed by atoms with Crippen LogP contribution in [0.25, 0.3) is 0 Å². The number of carbonyl (C=O) groups is 1. The standard InChI is InChI=1S/C13H15ClN4OS2/c1-6-4-7(2)10(9(14)5-6)16-12-17-18-13(21-12)20-8(3)11(15)19/h4-5,8H,1-3H3,(H2,15,19)(H,16,17)/t8-/m1/s1. The smallest absolute Gasteiger partial charge is 0.230 e. The fraction of sp³-hybridized carbons (Fsp3) is 0.308. The first-order valence-electron chi connectivity index (χ1n) is 6.20. The van der Waals surface area contributed by atoms with Crippen molar-refractivity contribution in [1.29, 1.82) is 0 Å². The first kappa shape index (κ1) is 16.1. The molecule has 0 spiro atoms. The van der Waals surface area contributed by atoms with Crippen molar-refractivity contribution in [3.8, 4) is 0 Å². The molecule has 0 unspecified atom stereocenters. The maximum absolute atomic E-state index is 11.0. The molecule has 2 aromatic rings. The van der Waals surface area contributed by atoms with E-state index >= 15 is 0 Å². The number of primary amides is 1. The van der Waals surface area contributed by atoms with Crippen molar-refractivity contribution < 1.29 is 4.79 Å². The molecule has 5 nitrogen and oxygen atoms in total. The fourth-order valence-corrected chi connectivity index (χ4v) is 3.92. The van der Waals surface area contributed by atoms with E-state index in [2.05, 4.69) is 15.5 Å². The number of aromatic nitrogens is 2. The Morgan fingerprint density at radius 2 is 2.14 bits per heavy atom. The van der Waals surface area contributed by atoms with E-state index in [0.29, 0.717) is 14.5 Å². The van der Waals surface area contributed by atoms with E-state index in [4.69, 9.17) is 17.3 Å². The van der Waals surface area contributed by atoms with Gasteiger partial charge in [0.15, 0.2) is 4.34 Å². The average molecular weight is 343 g/mol. The first-order chi connectivity index (χ1) is 9.86. The molecule has 1 heterocycles. The number of hydrogen-bond acceptors (Lipinski definition) is 6. The minimum atomic E-state index is -0.373. The van der Waals surface area contributed by atoms with Gasteiger partial charge in [-0.25, -0.2) is 0 Å². The molecule has 2 rings (SSSR count). The van der Waals surface area contributed by atoms with E-state index in [1.165, 1.54) is 23.1 Å². The molecular weight excluding hydrogens is 328 g/mol. The quantitative estimate of drug-likeness (QED) is 0.812. The van der Waals surface area contributed by atoms with Crippen LogP contribution in [0.3, 0.4) is 0 Å². The third-order valence-corrected chi connectivity index (χ3v) is 5.09. The summed E-state index contributed by atoms with van der Waals surface area (Å²) in [5, 5.41) is 12.2. The summed E-state index contributed by atoms with van der Waals surface area (Å²) in [6, 6.07) is 3.93. The number of halogens is 1. The number of aryl methyl sites for hydroxylation is 2. The zero-order valence-corrected chi connectivity index (χ0v) is 14.2. The largest absolute Gasteiger partial charge is 0.369 e. The number of benzene rings is 1. The molecule has 1 aromatic heterocycles. The van der Waals surface area contributed by atoms with E-state index in [1.54, 1.807) is 6.92 Å². The van der Waals surface area contributed by atoms with Crippen molar-refractivity contribution in [2.45, 2.75) is 30.4 Å². The van der Waals surface area contributed by atoms with Crippen LogP contribution < -0.4 is 11.1 Å². The number of hydrogen-bond donors (Lipinski definition) is 2. The van der Waals surface area contributed by atoms with Gasteiger partial charge in [0, 0.05) is 0 Å². The second-order valence-corrected chi connectivity index (χ2v) is 7.57. The molecule has 0 aliphatic carbocycles. The van der Waals surface area contributed by atoms with Gasteiger partial charge in [-0.3, -0.25) is 4.79 Å². The Hall–Kier alpha value is -1.31. The van der Waals surface area contributed by atoms with E-state index < -0.39 is 0 Å². The average Bonchev–Trinajstić information content (AvgIpc) is 2.81. The molecule has 0 aliphatic heterocycles. The summed E-state index contributed by atoms with van der Waals surface area (Å²) in [6.07, 6.45) is 0. The molecule has 0 radical (unpaired) electrons. The Bertz CT molecular complexity index is 651. The van der Waals surface area contributed by atoms with Crippen LogP contribution in [-0.2, 0) is 4.79 Å². The van der Waals surface area contributed by atoms with E-state index in [0.717, 1.165) is 16.8 Å². The normalized spacial score (nSPS) is 12.2. The van der Waals surface area contributed by atoms with Crippen molar-refractivity contribution >= 4 is 51.4 Å². The lowest BCUT2D eigenvalue weighted by molar-refractivity contribution is -0.117. The van der Waals surface area contributed by atoms with Gasteiger partial charge in [0.25, 0.3) is 0 Å². The van der Waals surface area contributed by atoms with Crippen LogP contribution in [-0.4, -0.2) is 21.4 Å². The Labute approximate surface area is 136 Å². The molecule has 1 amide bonds. The number of carbonyl (C=O) groups excluding carboxylic acids is 1. The maximum Gasteiger partial charge on any atom is 0.230 e. The molecular formula is C13H15ClN4OS2. The Balaban J connectivity index is 2.15. The lowest BCUT2D eigenvalue weighted by Gasteiger charge is -2.09. The second-order valence-electron chi connectivity index (χ2n) is 4.60. The molecule has 0 saturated carbocycles. The van der Waals surface area contributed by atoms with Gasteiger partial charge in [0.05, 0.1) is 16.0 Å². The van der Waals surface area contributed by atoms with Crippen molar-refractivity contribution in [3.63, 3.8) is 0 Å². The van der Waals surface area contributed by atoms with Gasteiger partial charge in [0.2, 0.25) is 11.0 Å². The minimum absolute atomic E-state index is 0.338. The van der Waals surface area contributed by atoms with Crippen LogP contribution in [0.4, 0.5) is 10.8 Å². The summed E-state index contributed by atoms with van der Waals surface area (Å²) < 4.78 is 0.685. The molecule has 0 fully saturated rings. The molecule has 0 bridgehead atoms. The van der Waals surface area contributed by atoms with Crippen LogP contribution in [0.1, 0.15) is 18.1 Å². The highest BCUT2D eigenvalue weighted by Gasteiger charge is 2.15. The number of nitrogens with zero attached hydrogens (tertiary/aromatic N) is 2. The Morgan fingerprint density at radius 1 is 1.43 bits per heavy atom. The second kappa shape index (κ2) is 6.64. The molecule has 21 heavy (non-hydrogen) atoms.